The summed E-state index contributed by atoms with van der Waals surface area (Å²) in [5.74, 6) is 0. The van der Waals surface area contributed by atoms with Crippen molar-refractivity contribution in [3.8, 4) is 0 Å². The van der Waals surface area contributed by atoms with Gasteiger partial charge < -0.3 is 15.7 Å². The molecule has 0 heterocycles. The third-order valence-electron chi connectivity index (χ3n) is 2.18. The van der Waals surface area contributed by atoms with Crippen LogP contribution >= 0.6 is 0 Å². The van der Waals surface area contributed by atoms with Gasteiger partial charge in [0.15, 0.2) is 0 Å². The third-order valence-corrected chi connectivity index (χ3v) is 2.18. The van der Waals surface area contributed by atoms with E-state index in [0.29, 0.717) is 6.54 Å². The van der Waals surface area contributed by atoms with E-state index in [1.807, 2.05) is 44.2 Å². The number of carboxylic acid groups (broad SMARTS) is 1. The SMILES string of the molecule is CC(C)(CNCc1ccccc1)NC(=O)O. The Labute approximate surface area is 95.7 Å². The molecule has 88 valence electrons. The first-order chi connectivity index (χ1) is 7.49. The smallest absolute Gasteiger partial charge is 0.405 e. The first-order valence-electron chi connectivity index (χ1n) is 5.25. The van der Waals surface area contributed by atoms with Crippen LogP contribution in [0.25, 0.3) is 0 Å². The number of benzene rings is 1. The lowest BCUT2D eigenvalue weighted by atomic mass is 10.1. The molecule has 0 saturated carbocycles. The molecular formula is C12H18N2O2. The Morgan fingerprint density at radius 3 is 2.50 bits per heavy atom. The van der Waals surface area contributed by atoms with Gasteiger partial charge in [-0.25, -0.2) is 4.79 Å². The molecule has 1 aromatic rings. The molecular weight excluding hydrogens is 204 g/mol. The summed E-state index contributed by atoms with van der Waals surface area (Å²) in [7, 11) is 0. The Morgan fingerprint density at radius 2 is 1.94 bits per heavy atom. The molecule has 0 atom stereocenters. The minimum Gasteiger partial charge on any atom is -0.465 e. The predicted molar refractivity (Wildman–Crippen MR) is 63.4 cm³/mol. The molecule has 0 aliphatic carbocycles. The maximum atomic E-state index is 10.5. The minimum absolute atomic E-state index is 0.458. The van der Waals surface area contributed by atoms with Crippen molar-refractivity contribution in [2.45, 2.75) is 25.9 Å². The molecule has 3 N–H and O–H groups in total. The average Bonchev–Trinajstić information content (AvgIpc) is 2.16. The highest BCUT2D eigenvalue weighted by Gasteiger charge is 2.18. The van der Waals surface area contributed by atoms with Crippen molar-refractivity contribution in [2.24, 2.45) is 0 Å². The molecule has 1 rings (SSSR count). The van der Waals surface area contributed by atoms with Crippen LogP contribution in [0, 0.1) is 0 Å². The fourth-order valence-corrected chi connectivity index (χ4v) is 1.45. The molecule has 0 aliphatic rings. The van der Waals surface area contributed by atoms with E-state index >= 15 is 0 Å². The summed E-state index contributed by atoms with van der Waals surface area (Å²) < 4.78 is 0. The van der Waals surface area contributed by atoms with E-state index in [2.05, 4.69) is 10.6 Å². The van der Waals surface area contributed by atoms with Crippen LogP contribution in [0.1, 0.15) is 19.4 Å². The number of hydrogen-bond donors (Lipinski definition) is 3. The van der Waals surface area contributed by atoms with Gasteiger partial charge in [-0.05, 0) is 19.4 Å². The summed E-state index contributed by atoms with van der Waals surface area (Å²) in [6.45, 7) is 5.03. The lowest BCUT2D eigenvalue weighted by Crippen LogP contribution is -2.49. The first-order valence-corrected chi connectivity index (χ1v) is 5.25. The predicted octanol–water partition coefficient (Wildman–Crippen LogP) is 1.82. The normalized spacial score (nSPS) is 11.1. The Bertz CT molecular complexity index is 336. The van der Waals surface area contributed by atoms with E-state index in [4.69, 9.17) is 5.11 Å². The van der Waals surface area contributed by atoms with Crippen LogP contribution in [0.5, 0.6) is 0 Å². The van der Waals surface area contributed by atoms with E-state index < -0.39 is 11.6 Å². The van der Waals surface area contributed by atoms with Gasteiger partial charge in [-0.1, -0.05) is 30.3 Å². The van der Waals surface area contributed by atoms with E-state index in [1.54, 1.807) is 0 Å². The minimum atomic E-state index is -0.994. The fraction of sp³-hybridized carbons (Fsp3) is 0.417. The van der Waals surface area contributed by atoms with Crippen LogP contribution in [-0.4, -0.2) is 23.3 Å². The third kappa shape index (κ3) is 4.79. The topological polar surface area (TPSA) is 61.4 Å². The van der Waals surface area contributed by atoms with Crippen molar-refractivity contribution in [1.29, 1.82) is 0 Å². The standard InChI is InChI=1S/C12H18N2O2/c1-12(2,14-11(15)16)9-13-8-10-6-4-3-5-7-10/h3-7,13-14H,8-9H2,1-2H3,(H,15,16). The summed E-state index contributed by atoms with van der Waals surface area (Å²) in [5, 5.41) is 14.3. The average molecular weight is 222 g/mol. The highest BCUT2D eigenvalue weighted by atomic mass is 16.4. The number of amides is 1. The molecule has 4 nitrogen and oxygen atoms in total. The molecule has 0 aliphatic heterocycles. The van der Waals surface area contributed by atoms with E-state index in [9.17, 15) is 4.79 Å². The number of rotatable bonds is 5. The van der Waals surface area contributed by atoms with Crippen LogP contribution in [0.15, 0.2) is 30.3 Å². The molecule has 1 amide bonds. The largest absolute Gasteiger partial charge is 0.465 e. The van der Waals surface area contributed by atoms with Gasteiger partial charge in [0.2, 0.25) is 0 Å². The summed E-state index contributed by atoms with van der Waals surface area (Å²) >= 11 is 0. The zero-order chi connectivity index (χ0) is 12.0. The summed E-state index contributed by atoms with van der Waals surface area (Å²) in [4.78, 5) is 10.5. The van der Waals surface area contributed by atoms with Crippen molar-refractivity contribution >= 4 is 6.09 Å². The van der Waals surface area contributed by atoms with Crippen molar-refractivity contribution in [1.82, 2.24) is 10.6 Å². The van der Waals surface area contributed by atoms with E-state index in [1.165, 1.54) is 5.56 Å². The highest BCUT2D eigenvalue weighted by Crippen LogP contribution is 2.02. The Morgan fingerprint density at radius 1 is 1.31 bits per heavy atom. The van der Waals surface area contributed by atoms with Crippen molar-refractivity contribution < 1.29 is 9.90 Å². The molecule has 0 bridgehead atoms. The quantitative estimate of drug-likeness (QED) is 0.712. The number of hydrogen-bond acceptors (Lipinski definition) is 2. The van der Waals surface area contributed by atoms with Crippen molar-refractivity contribution in [3.05, 3.63) is 35.9 Å². The summed E-state index contributed by atoms with van der Waals surface area (Å²) in [6, 6.07) is 10.0. The molecule has 0 unspecified atom stereocenters. The van der Waals surface area contributed by atoms with Crippen LogP contribution in [0.3, 0.4) is 0 Å². The summed E-state index contributed by atoms with van der Waals surface area (Å²) in [5.41, 5.74) is 0.731. The Kier molecular flexibility index (Phi) is 4.31. The van der Waals surface area contributed by atoms with Crippen molar-refractivity contribution in [2.75, 3.05) is 6.54 Å². The van der Waals surface area contributed by atoms with Crippen molar-refractivity contribution in [3.63, 3.8) is 0 Å². The highest BCUT2D eigenvalue weighted by molar-refractivity contribution is 5.65. The molecule has 16 heavy (non-hydrogen) atoms. The zero-order valence-electron chi connectivity index (χ0n) is 9.66. The number of nitrogens with one attached hydrogen (secondary N) is 2. The summed E-state index contributed by atoms with van der Waals surface area (Å²) in [6.07, 6.45) is -0.994. The molecule has 0 spiro atoms. The maximum Gasteiger partial charge on any atom is 0.405 e. The second kappa shape index (κ2) is 5.51. The van der Waals surface area contributed by atoms with Gasteiger partial charge in [0.25, 0.3) is 0 Å². The fourth-order valence-electron chi connectivity index (χ4n) is 1.45. The van der Waals surface area contributed by atoms with Gasteiger partial charge in [0, 0.05) is 13.1 Å². The van der Waals surface area contributed by atoms with Gasteiger partial charge in [-0.3, -0.25) is 0 Å². The maximum absolute atomic E-state index is 10.5. The molecule has 1 aromatic carbocycles. The van der Waals surface area contributed by atoms with Gasteiger partial charge in [-0.15, -0.1) is 0 Å². The monoisotopic (exact) mass is 222 g/mol. The molecule has 4 heteroatoms. The van der Waals surface area contributed by atoms with Crippen LogP contribution < -0.4 is 10.6 Å². The van der Waals surface area contributed by atoms with Gasteiger partial charge in [-0.2, -0.15) is 0 Å². The van der Waals surface area contributed by atoms with E-state index in [0.717, 1.165) is 6.54 Å². The lowest BCUT2D eigenvalue weighted by molar-refractivity contribution is 0.181. The molecule has 0 aromatic heterocycles. The molecule has 0 saturated heterocycles. The van der Waals surface area contributed by atoms with Gasteiger partial charge in [0.05, 0.1) is 5.54 Å². The van der Waals surface area contributed by atoms with Crippen LogP contribution in [0.4, 0.5) is 4.79 Å². The van der Waals surface area contributed by atoms with Crippen LogP contribution in [0.2, 0.25) is 0 Å². The van der Waals surface area contributed by atoms with E-state index in [-0.39, 0.29) is 0 Å². The number of carbonyl (C=O) groups is 1. The lowest BCUT2D eigenvalue weighted by Gasteiger charge is -2.24. The zero-order valence-corrected chi connectivity index (χ0v) is 9.66. The Hall–Kier alpha value is -1.55. The molecule has 0 fully saturated rings. The first kappa shape index (κ1) is 12.5. The van der Waals surface area contributed by atoms with Gasteiger partial charge in [0.1, 0.15) is 0 Å². The molecule has 0 radical (unpaired) electrons. The van der Waals surface area contributed by atoms with Gasteiger partial charge >= 0.3 is 6.09 Å². The van der Waals surface area contributed by atoms with Crippen LogP contribution in [-0.2, 0) is 6.54 Å². The Balaban J connectivity index is 2.32. The second-order valence-corrected chi connectivity index (χ2v) is 4.40. The second-order valence-electron chi connectivity index (χ2n) is 4.40.